The van der Waals surface area contributed by atoms with Gasteiger partial charge in [0.25, 0.3) is 8.32 Å². The first kappa shape index (κ1) is 16.0. The van der Waals surface area contributed by atoms with Gasteiger partial charge >= 0.3 is 0 Å². The van der Waals surface area contributed by atoms with Crippen LogP contribution in [0.4, 0.5) is 0 Å². The Morgan fingerprint density at radius 1 is 0.810 bits per heavy atom. The summed E-state index contributed by atoms with van der Waals surface area (Å²) in [5, 5.41) is 2.70. The van der Waals surface area contributed by atoms with E-state index in [0.29, 0.717) is 5.54 Å². The molecule has 0 amide bonds. The Morgan fingerprint density at radius 3 is 1.48 bits per heavy atom. The van der Waals surface area contributed by atoms with Gasteiger partial charge in [-0.05, 0) is 21.3 Å². The fourth-order valence-corrected chi connectivity index (χ4v) is 7.81. The van der Waals surface area contributed by atoms with Gasteiger partial charge in [-0.1, -0.05) is 88.4 Å². The van der Waals surface area contributed by atoms with Crippen LogP contribution in [-0.4, -0.2) is 15.4 Å². The van der Waals surface area contributed by atoms with E-state index in [4.69, 9.17) is 4.43 Å². The van der Waals surface area contributed by atoms with Gasteiger partial charge in [-0.3, -0.25) is 0 Å². The Labute approximate surface area is 130 Å². The summed E-state index contributed by atoms with van der Waals surface area (Å²) >= 11 is 0. The van der Waals surface area contributed by atoms with Crippen LogP contribution in [0.5, 0.6) is 0 Å². The first-order chi connectivity index (χ1) is 9.93. The van der Waals surface area contributed by atoms with Gasteiger partial charge in [-0.25, -0.2) is 0 Å². The molecule has 2 aromatic rings. The summed E-state index contributed by atoms with van der Waals surface area (Å²) in [5.74, 6) is 0. The van der Waals surface area contributed by atoms with Crippen LogP contribution in [0, 0.1) is 5.41 Å². The highest BCUT2D eigenvalue weighted by atomic mass is 28.4. The lowest BCUT2D eigenvalue weighted by Crippen LogP contribution is -2.65. The van der Waals surface area contributed by atoms with Crippen LogP contribution >= 0.6 is 0 Å². The van der Waals surface area contributed by atoms with Crippen LogP contribution in [0.1, 0.15) is 27.7 Å². The Morgan fingerprint density at radius 2 is 1.19 bits per heavy atom. The zero-order chi connectivity index (χ0) is 15.5. The number of hydrogen-bond acceptors (Lipinski definition) is 1. The molecule has 0 aliphatic rings. The van der Waals surface area contributed by atoms with E-state index < -0.39 is 8.32 Å². The van der Waals surface area contributed by atoms with Crippen molar-refractivity contribution in [3.05, 3.63) is 60.7 Å². The van der Waals surface area contributed by atoms with Crippen molar-refractivity contribution in [1.29, 1.82) is 0 Å². The van der Waals surface area contributed by atoms with Crippen LogP contribution in [0.3, 0.4) is 0 Å². The van der Waals surface area contributed by atoms with Crippen molar-refractivity contribution in [2.24, 2.45) is 5.41 Å². The lowest BCUT2D eigenvalue weighted by Gasteiger charge is -2.43. The Kier molecular flexibility index (Phi) is 4.69. The molecule has 0 radical (unpaired) electrons. The smallest absolute Gasteiger partial charge is 0.258 e. The summed E-state index contributed by atoms with van der Waals surface area (Å²) in [6, 6.07) is 21.5. The normalized spacial score (nSPS) is 14.0. The minimum atomic E-state index is -2.26. The van der Waals surface area contributed by atoms with Gasteiger partial charge < -0.3 is 4.43 Å². The van der Waals surface area contributed by atoms with Crippen LogP contribution in [-0.2, 0) is 4.43 Å². The van der Waals surface area contributed by atoms with Gasteiger partial charge in [0.15, 0.2) is 0 Å². The summed E-state index contributed by atoms with van der Waals surface area (Å²) < 4.78 is 6.34. The van der Waals surface area contributed by atoms with E-state index in [0.717, 1.165) is 0 Å². The van der Waals surface area contributed by atoms with E-state index in [1.165, 1.54) is 10.4 Å². The summed E-state index contributed by atoms with van der Waals surface area (Å²) in [6.45, 7) is 9.27. The minimum Gasteiger partial charge on any atom is -0.411 e. The van der Waals surface area contributed by atoms with Crippen molar-refractivity contribution in [2.45, 2.75) is 33.2 Å². The molecule has 1 nitrogen and oxygen atoms in total. The summed E-state index contributed by atoms with van der Waals surface area (Å²) in [7, 11) is -0.377. The lowest BCUT2D eigenvalue weighted by atomic mass is 9.93. The molecular weight excluding hydrogens is 272 g/mol. The van der Waals surface area contributed by atoms with Gasteiger partial charge in [0.1, 0.15) is 0 Å². The number of hydrogen-bond donors (Lipinski definition) is 0. The Bertz CT molecular complexity index is 518. The highest BCUT2D eigenvalue weighted by Crippen LogP contribution is 2.38. The molecule has 0 aliphatic heterocycles. The van der Waals surface area contributed by atoms with Crippen molar-refractivity contribution in [2.75, 3.05) is 7.11 Å². The molecule has 1 unspecified atom stereocenters. The fraction of sp³-hybridized carbons (Fsp3) is 0.368. The van der Waals surface area contributed by atoms with Crippen molar-refractivity contribution in [3.8, 4) is 0 Å². The largest absolute Gasteiger partial charge is 0.411 e. The molecule has 2 heteroatoms. The molecule has 0 heterocycles. The zero-order valence-electron chi connectivity index (χ0n) is 13.8. The second-order valence-corrected chi connectivity index (χ2v) is 10.7. The van der Waals surface area contributed by atoms with Crippen molar-refractivity contribution < 1.29 is 4.43 Å². The second kappa shape index (κ2) is 6.16. The maximum Gasteiger partial charge on any atom is 0.258 e. The van der Waals surface area contributed by atoms with Gasteiger partial charge in [0, 0.05) is 7.11 Å². The number of benzene rings is 2. The molecule has 112 valence electrons. The fourth-order valence-electron chi connectivity index (χ4n) is 3.06. The standard InChI is InChI=1S/C19H26OSi/c1-16(19(2,3)4)21(20-5,17-12-8-6-9-13-17)18-14-10-7-11-15-18/h6-16H,1-5H3. The summed E-state index contributed by atoms with van der Waals surface area (Å²) in [5.41, 5.74) is 0.647. The maximum atomic E-state index is 6.34. The predicted octanol–water partition coefficient (Wildman–Crippen LogP) is 3.83. The molecule has 0 bridgehead atoms. The molecule has 0 aromatic heterocycles. The third kappa shape index (κ3) is 2.97. The molecule has 2 aromatic carbocycles. The quantitative estimate of drug-likeness (QED) is 0.780. The average molecular weight is 299 g/mol. The molecule has 0 N–H and O–H groups in total. The topological polar surface area (TPSA) is 9.23 Å². The van der Waals surface area contributed by atoms with Crippen molar-refractivity contribution in [3.63, 3.8) is 0 Å². The molecule has 0 saturated carbocycles. The maximum absolute atomic E-state index is 6.34. The molecule has 0 aliphatic carbocycles. The van der Waals surface area contributed by atoms with Gasteiger partial charge in [-0.2, -0.15) is 0 Å². The average Bonchev–Trinajstić information content (AvgIpc) is 2.50. The van der Waals surface area contributed by atoms with Crippen molar-refractivity contribution >= 4 is 18.7 Å². The molecule has 0 saturated heterocycles. The first-order valence-electron chi connectivity index (χ1n) is 7.59. The first-order valence-corrected chi connectivity index (χ1v) is 9.57. The van der Waals surface area contributed by atoms with E-state index >= 15 is 0 Å². The van der Waals surface area contributed by atoms with Gasteiger partial charge in [0.2, 0.25) is 0 Å². The third-order valence-corrected chi connectivity index (χ3v) is 9.75. The number of rotatable bonds is 4. The SMILES string of the molecule is CO[Si](c1ccccc1)(c1ccccc1)C(C)C(C)(C)C. The van der Waals surface area contributed by atoms with Crippen LogP contribution in [0.25, 0.3) is 0 Å². The third-order valence-electron chi connectivity index (χ3n) is 4.64. The summed E-state index contributed by atoms with van der Waals surface area (Å²) in [6.07, 6.45) is 0. The highest BCUT2D eigenvalue weighted by molar-refractivity contribution is 6.98. The van der Waals surface area contributed by atoms with Crippen LogP contribution in [0.15, 0.2) is 60.7 Å². The monoisotopic (exact) mass is 298 g/mol. The highest BCUT2D eigenvalue weighted by Gasteiger charge is 2.48. The van der Waals surface area contributed by atoms with E-state index in [2.05, 4.69) is 88.4 Å². The van der Waals surface area contributed by atoms with E-state index in [1.807, 2.05) is 7.11 Å². The zero-order valence-corrected chi connectivity index (χ0v) is 14.8. The van der Waals surface area contributed by atoms with Crippen molar-refractivity contribution in [1.82, 2.24) is 0 Å². The van der Waals surface area contributed by atoms with Crippen LogP contribution in [0.2, 0.25) is 5.54 Å². The molecule has 21 heavy (non-hydrogen) atoms. The summed E-state index contributed by atoms with van der Waals surface area (Å²) in [4.78, 5) is 0. The van der Waals surface area contributed by atoms with E-state index in [9.17, 15) is 0 Å². The molecule has 0 spiro atoms. The van der Waals surface area contributed by atoms with Gasteiger partial charge in [0.05, 0.1) is 0 Å². The predicted molar refractivity (Wildman–Crippen MR) is 93.8 cm³/mol. The van der Waals surface area contributed by atoms with Crippen LogP contribution < -0.4 is 10.4 Å². The van der Waals surface area contributed by atoms with Gasteiger partial charge in [-0.15, -0.1) is 0 Å². The lowest BCUT2D eigenvalue weighted by molar-refractivity contribution is 0.330. The Hall–Kier alpha value is -1.38. The van der Waals surface area contributed by atoms with E-state index in [-0.39, 0.29) is 5.41 Å². The van der Waals surface area contributed by atoms with E-state index in [1.54, 1.807) is 0 Å². The molecular formula is C19H26OSi. The second-order valence-electron chi connectivity index (χ2n) is 6.76. The minimum absolute atomic E-state index is 0.188. The molecule has 1 atom stereocenters. The molecule has 0 fully saturated rings. The molecule has 2 rings (SSSR count). The Balaban J connectivity index is 2.69.